The van der Waals surface area contributed by atoms with Crippen LogP contribution in [0.1, 0.15) is 27.2 Å². The van der Waals surface area contributed by atoms with E-state index in [1.807, 2.05) is 12.3 Å². The Morgan fingerprint density at radius 1 is 1.55 bits per heavy atom. The first-order valence-corrected chi connectivity index (χ1v) is 3.92. The maximum absolute atomic E-state index is 4.24. The van der Waals surface area contributed by atoms with Crippen molar-refractivity contribution in [1.29, 1.82) is 0 Å². The van der Waals surface area contributed by atoms with E-state index in [4.69, 9.17) is 0 Å². The van der Waals surface area contributed by atoms with Crippen LogP contribution < -0.4 is 0 Å². The molecule has 0 saturated carbocycles. The molecule has 1 aliphatic rings. The number of allylic oxidation sites excluding steroid dienone is 2. The van der Waals surface area contributed by atoms with Crippen molar-refractivity contribution in [2.45, 2.75) is 27.2 Å². The van der Waals surface area contributed by atoms with Crippen molar-refractivity contribution in [3.63, 3.8) is 0 Å². The number of hydrogen-bond donors (Lipinski definition) is 0. The largest absolute Gasteiger partial charge is 0.261 e. The zero-order chi connectivity index (χ0) is 8.48. The monoisotopic (exact) mass is 149 g/mol. The highest BCUT2D eigenvalue weighted by Crippen LogP contribution is 2.31. The fourth-order valence-electron chi connectivity index (χ4n) is 1.03. The average Bonchev–Trinajstić information content (AvgIpc) is 2.32. The summed E-state index contributed by atoms with van der Waals surface area (Å²) in [5.41, 5.74) is 2.75. The summed E-state index contributed by atoms with van der Waals surface area (Å²) in [5.74, 6) is 0. The van der Waals surface area contributed by atoms with Gasteiger partial charge in [0, 0.05) is 18.3 Å². The fourth-order valence-corrected chi connectivity index (χ4v) is 1.03. The fraction of sp³-hybridized carbons (Fsp3) is 0.500. The van der Waals surface area contributed by atoms with Gasteiger partial charge in [0.25, 0.3) is 0 Å². The van der Waals surface area contributed by atoms with Crippen LogP contribution in [-0.4, -0.2) is 5.71 Å². The lowest BCUT2D eigenvalue weighted by Gasteiger charge is -2.19. The molecule has 1 rings (SSSR count). The topological polar surface area (TPSA) is 12.4 Å². The Balaban J connectivity index is 2.67. The van der Waals surface area contributed by atoms with Crippen LogP contribution in [0.2, 0.25) is 0 Å². The molecule has 0 fully saturated rings. The normalized spacial score (nSPS) is 17.7. The maximum Gasteiger partial charge on any atom is 0.0439 e. The molecule has 1 nitrogen and oxygen atoms in total. The lowest BCUT2D eigenvalue weighted by atomic mass is 9.85. The van der Waals surface area contributed by atoms with Crippen LogP contribution in [0.15, 0.2) is 29.4 Å². The first-order chi connectivity index (χ1) is 5.04. The van der Waals surface area contributed by atoms with Gasteiger partial charge in [0.15, 0.2) is 0 Å². The Hall–Kier alpha value is -0.850. The van der Waals surface area contributed by atoms with Gasteiger partial charge in [-0.25, -0.2) is 0 Å². The molecule has 0 bridgehead atoms. The number of nitrogens with zero attached hydrogens (tertiary/aromatic N) is 1. The standard InChI is InChI=1S/C10H15N/c1-5-9-6-8(7-11-9)10(2,3)4/h5,7H,1,6H2,2-4H3. The Labute approximate surface area is 68.5 Å². The summed E-state index contributed by atoms with van der Waals surface area (Å²) in [4.78, 5) is 4.24. The second kappa shape index (κ2) is 2.65. The van der Waals surface area contributed by atoms with Gasteiger partial charge < -0.3 is 0 Å². The summed E-state index contributed by atoms with van der Waals surface area (Å²) in [6.45, 7) is 10.3. The summed E-state index contributed by atoms with van der Waals surface area (Å²) in [5, 5.41) is 0. The van der Waals surface area contributed by atoms with Gasteiger partial charge >= 0.3 is 0 Å². The van der Waals surface area contributed by atoms with Crippen molar-refractivity contribution in [1.82, 2.24) is 0 Å². The lowest BCUT2D eigenvalue weighted by Crippen LogP contribution is -2.09. The Morgan fingerprint density at radius 2 is 2.18 bits per heavy atom. The van der Waals surface area contributed by atoms with E-state index in [1.165, 1.54) is 5.57 Å². The summed E-state index contributed by atoms with van der Waals surface area (Å²) in [6.07, 6.45) is 4.78. The SMILES string of the molecule is C=CC1=NC=C(C(C)(C)C)C1. The van der Waals surface area contributed by atoms with E-state index in [-0.39, 0.29) is 5.41 Å². The van der Waals surface area contributed by atoms with Crippen molar-refractivity contribution >= 4 is 5.71 Å². The summed E-state index contributed by atoms with van der Waals surface area (Å²) < 4.78 is 0. The van der Waals surface area contributed by atoms with E-state index >= 15 is 0 Å². The van der Waals surface area contributed by atoms with Crippen LogP contribution in [0.3, 0.4) is 0 Å². The van der Waals surface area contributed by atoms with Gasteiger partial charge in [-0.2, -0.15) is 0 Å². The molecule has 0 unspecified atom stereocenters. The number of hydrogen-bond acceptors (Lipinski definition) is 1. The Kier molecular flexibility index (Phi) is 1.99. The maximum atomic E-state index is 4.24. The van der Waals surface area contributed by atoms with Gasteiger partial charge in [0.1, 0.15) is 0 Å². The highest BCUT2D eigenvalue weighted by atomic mass is 14.7. The molecule has 0 spiro atoms. The predicted molar refractivity (Wildman–Crippen MR) is 49.8 cm³/mol. The van der Waals surface area contributed by atoms with E-state index in [0.717, 1.165) is 12.1 Å². The van der Waals surface area contributed by atoms with Crippen LogP contribution in [0.5, 0.6) is 0 Å². The molecule has 0 radical (unpaired) electrons. The highest BCUT2D eigenvalue weighted by Gasteiger charge is 2.20. The van der Waals surface area contributed by atoms with Crippen molar-refractivity contribution in [3.05, 3.63) is 24.4 Å². The third-order valence-corrected chi connectivity index (χ3v) is 1.96. The molecule has 0 saturated heterocycles. The zero-order valence-corrected chi connectivity index (χ0v) is 7.52. The molecule has 0 N–H and O–H groups in total. The van der Waals surface area contributed by atoms with Crippen LogP contribution in [0.4, 0.5) is 0 Å². The van der Waals surface area contributed by atoms with Crippen LogP contribution >= 0.6 is 0 Å². The molecule has 1 heterocycles. The molecular weight excluding hydrogens is 134 g/mol. The molecule has 11 heavy (non-hydrogen) atoms. The highest BCUT2D eigenvalue weighted by molar-refractivity contribution is 5.98. The number of aliphatic imine (C=N–C) groups is 1. The summed E-state index contributed by atoms with van der Waals surface area (Å²) >= 11 is 0. The summed E-state index contributed by atoms with van der Waals surface area (Å²) in [6, 6.07) is 0. The molecule has 1 aliphatic heterocycles. The molecule has 1 heteroatoms. The van der Waals surface area contributed by atoms with Crippen molar-refractivity contribution in [2.75, 3.05) is 0 Å². The molecule has 0 aromatic carbocycles. The minimum atomic E-state index is 0.258. The van der Waals surface area contributed by atoms with E-state index in [1.54, 1.807) is 0 Å². The number of rotatable bonds is 1. The van der Waals surface area contributed by atoms with Crippen LogP contribution in [0, 0.1) is 5.41 Å². The Bertz CT molecular complexity index is 226. The average molecular weight is 149 g/mol. The van der Waals surface area contributed by atoms with Crippen LogP contribution in [0.25, 0.3) is 0 Å². The first kappa shape index (κ1) is 8.25. The van der Waals surface area contributed by atoms with Gasteiger partial charge in [-0.15, -0.1) is 0 Å². The Morgan fingerprint density at radius 3 is 2.45 bits per heavy atom. The second-order valence-corrected chi connectivity index (χ2v) is 3.91. The van der Waals surface area contributed by atoms with Gasteiger partial charge in [-0.3, -0.25) is 4.99 Å². The first-order valence-electron chi connectivity index (χ1n) is 3.92. The predicted octanol–water partition coefficient (Wildman–Crippen LogP) is 2.95. The third kappa shape index (κ3) is 1.79. The van der Waals surface area contributed by atoms with Gasteiger partial charge in [-0.1, -0.05) is 27.4 Å². The quantitative estimate of drug-likeness (QED) is 0.543. The lowest BCUT2D eigenvalue weighted by molar-refractivity contribution is 0.498. The smallest absolute Gasteiger partial charge is 0.0439 e. The van der Waals surface area contributed by atoms with Crippen LogP contribution in [-0.2, 0) is 0 Å². The van der Waals surface area contributed by atoms with E-state index in [0.29, 0.717) is 0 Å². The minimum absolute atomic E-state index is 0.258. The van der Waals surface area contributed by atoms with Crippen molar-refractivity contribution in [3.8, 4) is 0 Å². The molecule has 0 aliphatic carbocycles. The summed E-state index contributed by atoms with van der Waals surface area (Å²) in [7, 11) is 0. The van der Waals surface area contributed by atoms with E-state index in [2.05, 4.69) is 32.3 Å². The molecule has 0 aromatic heterocycles. The van der Waals surface area contributed by atoms with Gasteiger partial charge in [0.2, 0.25) is 0 Å². The van der Waals surface area contributed by atoms with Gasteiger partial charge in [-0.05, 0) is 17.1 Å². The van der Waals surface area contributed by atoms with Crippen molar-refractivity contribution in [2.24, 2.45) is 10.4 Å². The molecule has 0 aromatic rings. The molecule has 0 atom stereocenters. The molecule has 60 valence electrons. The van der Waals surface area contributed by atoms with Gasteiger partial charge in [0.05, 0.1) is 0 Å². The molecular formula is C10H15N. The zero-order valence-electron chi connectivity index (χ0n) is 7.52. The third-order valence-electron chi connectivity index (χ3n) is 1.96. The second-order valence-electron chi connectivity index (χ2n) is 3.91. The minimum Gasteiger partial charge on any atom is -0.261 e. The molecule has 0 amide bonds. The van der Waals surface area contributed by atoms with E-state index < -0.39 is 0 Å². The van der Waals surface area contributed by atoms with E-state index in [9.17, 15) is 0 Å². The van der Waals surface area contributed by atoms with Crippen molar-refractivity contribution < 1.29 is 0 Å².